The molecule has 0 amide bonds. The average Bonchev–Trinajstić information content (AvgIpc) is 2.47. The minimum Gasteiger partial charge on any atom is -0.449 e. The first-order chi connectivity index (χ1) is 10.5. The van der Waals surface area contributed by atoms with Crippen molar-refractivity contribution in [3.05, 3.63) is 59.7 Å². The molecule has 0 aliphatic carbocycles. The SMILES string of the molecule is O=C(O)Oc1ccc(C(=O)c2ccc(OC(=O)O)cc2)cc1. The molecule has 0 saturated heterocycles. The van der Waals surface area contributed by atoms with Crippen molar-refractivity contribution in [2.75, 3.05) is 0 Å². The third-order valence-corrected chi connectivity index (χ3v) is 2.64. The summed E-state index contributed by atoms with van der Waals surface area (Å²) in [6.07, 6.45) is -2.87. The Morgan fingerprint density at radius 3 is 1.23 bits per heavy atom. The third kappa shape index (κ3) is 3.83. The number of benzene rings is 2. The first kappa shape index (κ1) is 15.0. The van der Waals surface area contributed by atoms with Crippen molar-refractivity contribution >= 4 is 18.1 Å². The van der Waals surface area contributed by atoms with Crippen LogP contribution in [0.2, 0.25) is 0 Å². The quantitative estimate of drug-likeness (QED) is 0.507. The van der Waals surface area contributed by atoms with Gasteiger partial charge in [-0.2, -0.15) is 0 Å². The van der Waals surface area contributed by atoms with E-state index in [1.54, 1.807) is 0 Å². The zero-order chi connectivity index (χ0) is 16.1. The minimum atomic E-state index is -1.44. The van der Waals surface area contributed by atoms with Gasteiger partial charge in [0.15, 0.2) is 5.78 Å². The van der Waals surface area contributed by atoms with Gasteiger partial charge in [0.25, 0.3) is 0 Å². The molecule has 0 bridgehead atoms. The molecular formula is C15H10O7. The van der Waals surface area contributed by atoms with Gasteiger partial charge in [-0.1, -0.05) is 0 Å². The van der Waals surface area contributed by atoms with Crippen molar-refractivity contribution in [2.45, 2.75) is 0 Å². The fourth-order valence-electron chi connectivity index (χ4n) is 1.72. The fourth-order valence-corrected chi connectivity index (χ4v) is 1.72. The summed E-state index contributed by atoms with van der Waals surface area (Å²) in [7, 11) is 0. The lowest BCUT2D eigenvalue weighted by atomic mass is 10.0. The molecule has 0 spiro atoms. The summed E-state index contributed by atoms with van der Waals surface area (Å²) >= 11 is 0. The van der Waals surface area contributed by atoms with E-state index in [9.17, 15) is 14.4 Å². The highest BCUT2D eigenvalue weighted by Crippen LogP contribution is 2.18. The van der Waals surface area contributed by atoms with Crippen LogP contribution in [0.15, 0.2) is 48.5 Å². The highest BCUT2D eigenvalue weighted by molar-refractivity contribution is 6.09. The monoisotopic (exact) mass is 302 g/mol. The summed E-state index contributed by atoms with van der Waals surface area (Å²) < 4.78 is 8.88. The molecule has 0 atom stereocenters. The molecule has 0 saturated carbocycles. The third-order valence-electron chi connectivity index (χ3n) is 2.64. The highest BCUT2D eigenvalue weighted by atomic mass is 16.7. The van der Waals surface area contributed by atoms with Gasteiger partial charge in [-0.05, 0) is 48.5 Å². The molecule has 2 N–H and O–H groups in total. The highest BCUT2D eigenvalue weighted by Gasteiger charge is 2.10. The van der Waals surface area contributed by atoms with Crippen molar-refractivity contribution in [1.29, 1.82) is 0 Å². The van der Waals surface area contributed by atoms with Crippen LogP contribution in [-0.4, -0.2) is 28.3 Å². The number of carbonyl (C=O) groups is 3. The molecule has 7 heteroatoms. The number of carboxylic acid groups (broad SMARTS) is 2. The van der Waals surface area contributed by atoms with E-state index < -0.39 is 12.3 Å². The fraction of sp³-hybridized carbons (Fsp3) is 0. The van der Waals surface area contributed by atoms with Crippen LogP contribution in [-0.2, 0) is 0 Å². The predicted molar refractivity (Wildman–Crippen MR) is 73.6 cm³/mol. The van der Waals surface area contributed by atoms with Crippen molar-refractivity contribution in [1.82, 2.24) is 0 Å². The van der Waals surface area contributed by atoms with Crippen LogP contribution >= 0.6 is 0 Å². The molecule has 0 aliphatic rings. The first-order valence-electron chi connectivity index (χ1n) is 6.02. The first-order valence-corrected chi connectivity index (χ1v) is 6.02. The Balaban J connectivity index is 2.13. The standard InChI is InChI=1S/C15H10O7/c16-13(9-1-5-11(6-2-9)21-14(17)18)10-3-7-12(8-4-10)22-15(19)20/h1-8H,(H,17,18)(H,19,20). The molecule has 7 nitrogen and oxygen atoms in total. The Hall–Kier alpha value is -3.35. The number of rotatable bonds is 4. The van der Waals surface area contributed by atoms with Crippen molar-refractivity contribution in [2.24, 2.45) is 0 Å². The molecule has 0 aliphatic heterocycles. The van der Waals surface area contributed by atoms with Gasteiger partial charge in [0.2, 0.25) is 0 Å². The second-order valence-electron chi connectivity index (χ2n) is 4.11. The normalized spacial score (nSPS) is 9.82. The Morgan fingerprint density at radius 2 is 0.955 bits per heavy atom. The topological polar surface area (TPSA) is 110 Å². The maximum Gasteiger partial charge on any atom is 0.511 e. The second kappa shape index (κ2) is 6.40. The molecule has 112 valence electrons. The van der Waals surface area contributed by atoms with Gasteiger partial charge in [-0.15, -0.1) is 0 Å². The van der Waals surface area contributed by atoms with Crippen LogP contribution in [0.1, 0.15) is 15.9 Å². The van der Waals surface area contributed by atoms with Gasteiger partial charge in [-0.3, -0.25) is 4.79 Å². The van der Waals surface area contributed by atoms with Crippen LogP contribution in [0, 0.1) is 0 Å². The number of hydrogen-bond donors (Lipinski definition) is 2. The Bertz CT molecular complexity index is 640. The second-order valence-corrected chi connectivity index (χ2v) is 4.11. The summed E-state index contributed by atoms with van der Waals surface area (Å²) in [5, 5.41) is 16.9. The lowest BCUT2D eigenvalue weighted by molar-refractivity contribution is 0.103. The zero-order valence-corrected chi connectivity index (χ0v) is 11.1. The Morgan fingerprint density at radius 1 is 0.636 bits per heavy atom. The molecule has 0 fully saturated rings. The smallest absolute Gasteiger partial charge is 0.449 e. The number of hydrogen-bond acceptors (Lipinski definition) is 5. The molecule has 0 aromatic heterocycles. The summed E-state index contributed by atoms with van der Waals surface area (Å²) in [6.45, 7) is 0. The van der Waals surface area contributed by atoms with Crippen molar-refractivity contribution in [3.8, 4) is 11.5 Å². The molecule has 0 heterocycles. The Labute approximate surface area is 124 Å². The largest absolute Gasteiger partial charge is 0.511 e. The molecule has 0 radical (unpaired) electrons. The van der Waals surface area contributed by atoms with E-state index in [4.69, 9.17) is 10.2 Å². The maximum absolute atomic E-state index is 12.2. The number of ketones is 1. The zero-order valence-electron chi connectivity index (χ0n) is 11.1. The molecule has 22 heavy (non-hydrogen) atoms. The lowest BCUT2D eigenvalue weighted by Crippen LogP contribution is -2.05. The van der Waals surface area contributed by atoms with Gasteiger partial charge in [0.1, 0.15) is 11.5 Å². The predicted octanol–water partition coefficient (Wildman–Crippen LogP) is 3.03. The van der Waals surface area contributed by atoms with Gasteiger partial charge < -0.3 is 19.7 Å². The van der Waals surface area contributed by atoms with E-state index >= 15 is 0 Å². The lowest BCUT2D eigenvalue weighted by Gasteiger charge is -2.04. The summed E-state index contributed by atoms with van der Waals surface area (Å²) in [5.74, 6) is -0.0905. The molecule has 2 aromatic carbocycles. The van der Waals surface area contributed by atoms with Crippen LogP contribution in [0.4, 0.5) is 9.59 Å². The maximum atomic E-state index is 12.2. The van der Waals surface area contributed by atoms with E-state index in [0.717, 1.165) is 0 Å². The van der Waals surface area contributed by atoms with E-state index in [-0.39, 0.29) is 17.3 Å². The molecular weight excluding hydrogens is 292 g/mol. The van der Waals surface area contributed by atoms with E-state index in [1.165, 1.54) is 48.5 Å². The number of ether oxygens (including phenoxy) is 2. The summed E-state index contributed by atoms with van der Waals surface area (Å²) in [4.78, 5) is 32.9. The van der Waals surface area contributed by atoms with Gasteiger partial charge >= 0.3 is 12.3 Å². The average molecular weight is 302 g/mol. The van der Waals surface area contributed by atoms with Gasteiger partial charge in [0, 0.05) is 11.1 Å². The van der Waals surface area contributed by atoms with E-state index in [0.29, 0.717) is 11.1 Å². The summed E-state index contributed by atoms with van der Waals surface area (Å²) in [6, 6.07) is 11.2. The van der Waals surface area contributed by atoms with Crippen molar-refractivity contribution < 1.29 is 34.1 Å². The Kier molecular flexibility index (Phi) is 4.38. The van der Waals surface area contributed by atoms with Gasteiger partial charge in [-0.25, -0.2) is 9.59 Å². The summed E-state index contributed by atoms with van der Waals surface area (Å²) in [5.41, 5.74) is 0.675. The van der Waals surface area contributed by atoms with Crippen LogP contribution in [0.5, 0.6) is 11.5 Å². The minimum absolute atomic E-state index is 0.106. The van der Waals surface area contributed by atoms with E-state index in [2.05, 4.69) is 9.47 Å². The molecule has 0 unspecified atom stereocenters. The molecule has 2 aromatic rings. The van der Waals surface area contributed by atoms with Gasteiger partial charge in [0.05, 0.1) is 0 Å². The van der Waals surface area contributed by atoms with Crippen LogP contribution in [0.25, 0.3) is 0 Å². The number of carbonyl (C=O) groups excluding carboxylic acids is 1. The van der Waals surface area contributed by atoms with Crippen LogP contribution < -0.4 is 9.47 Å². The van der Waals surface area contributed by atoms with Crippen molar-refractivity contribution in [3.63, 3.8) is 0 Å². The van der Waals surface area contributed by atoms with E-state index in [1.807, 2.05) is 0 Å². The van der Waals surface area contributed by atoms with Crippen LogP contribution in [0.3, 0.4) is 0 Å². The molecule has 2 rings (SSSR count).